The molecule has 5 heteroatoms. The topological polar surface area (TPSA) is 25.2 Å². The number of hydrogen-bond acceptors (Lipinski definition) is 2. The van der Waals surface area contributed by atoms with E-state index in [4.69, 9.17) is 4.42 Å². The molecule has 108 valence electrons. The van der Waals surface area contributed by atoms with Crippen molar-refractivity contribution >= 4 is 11.0 Å². The number of nitrogens with one attached hydrogen (secondary N) is 1. The van der Waals surface area contributed by atoms with E-state index in [2.05, 4.69) is 12.2 Å². The van der Waals surface area contributed by atoms with Crippen LogP contribution in [-0.4, -0.2) is 13.1 Å². The summed E-state index contributed by atoms with van der Waals surface area (Å²) < 4.78 is 44.5. The Labute approximate surface area is 115 Å². The number of hydrogen-bond donors (Lipinski definition) is 1. The van der Waals surface area contributed by atoms with Crippen molar-refractivity contribution < 1.29 is 17.6 Å². The fourth-order valence-corrected chi connectivity index (χ4v) is 3.02. The first-order chi connectivity index (χ1) is 9.47. The summed E-state index contributed by atoms with van der Waals surface area (Å²) >= 11 is 0. The molecule has 2 atom stereocenters. The lowest BCUT2D eigenvalue weighted by Crippen LogP contribution is -2.33. The number of benzene rings is 1. The fraction of sp³-hybridized carbons (Fsp3) is 0.467. The Morgan fingerprint density at radius 3 is 2.80 bits per heavy atom. The van der Waals surface area contributed by atoms with Crippen molar-refractivity contribution in [3.63, 3.8) is 0 Å². The van der Waals surface area contributed by atoms with Crippen molar-refractivity contribution in [1.29, 1.82) is 0 Å². The van der Waals surface area contributed by atoms with Gasteiger partial charge < -0.3 is 9.73 Å². The third-order valence-electron chi connectivity index (χ3n) is 4.09. The van der Waals surface area contributed by atoms with Gasteiger partial charge in [0.2, 0.25) is 0 Å². The van der Waals surface area contributed by atoms with Gasteiger partial charge >= 0.3 is 6.18 Å². The Morgan fingerprint density at radius 1 is 1.30 bits per heavy atom. The van der Waals surface area contributed by atoms with Crippen LogP contribution in [0.4, 0.5) is 13.2 Å². The zero-order valence-electron chi connectivity index (χ0n) is 11.1. The molecule has 1 N–H and O–H groups in total. The van der Waals surface area contributed by atoms with Crippen molar-refractivity contribution in [3.05, 3.63) is 35.6 Å². The van der Waals surface area contributed by atoms with E-state index in [-0.39, 0.29) is 5.92 Å². The van der Waals surface area contributed by atoms with Crippen LogP contribution >= 0.6 is 0 Å². The summed E-state index contributed by atoms with van der Waals surface area (Å²) in [5, 5.41) is 3.80. The Balaban J connectivity index is 2.14. The predicted octanol–water partition coefficient (Wildman–Crippen LogP) is 4.16. The second-order valence-electron chi connectivity index (χ2n) is 5.48. The Hall–Kier alpha value is -1.49. The third kappa shape index (κ3) is 2.30. The van der Waals surface area contributed by atoms with E-state index in [9.17, 15) is 13.2 Å². The Bertz CT molecular complexity index is 617. The first-order valence-electron chi connectivity index (χ1n) is 6.76. The maximum atomic E-state index is 13.0. The normalized spacial score (nSPS) is 24.2. The molecule has 1 saturated heterocycles. The summed E-state index contributed by atoms with van der Waals surface area (Å²) in [6.07, 6.45) is -2.03. The second-order valence-corrected chi connectivity index (χ2v) is 5.48. The highest BCUT2D eigenvalue weighted by Crippen LogP contribution is 2.39. The number of rotatable bonds is 1. The van der Waals surface area contributed by atoms with Crippen LogP contribution in [0, 0.1) is 5.92 Å². The van der Waals surface area contributed by atoms with Gasteiger partial charge in [-0.05, 0) is 55.1 Å². The van der Waals surface area contributed by atoms with Gasteiger partial charge in [0.25, 0.3) is 0 Å². The van der Waals surface area contributed by atoms with E-state index >= 15 is 0 Å². The fourth-order valence-electron chi connectivity index (χ4n) is 3.02. The number of furan rings is 1. The van der Waals surface area contributed by atoms with Gasteiger partial charge in [-0.25, -0.2) is 0 Å². The summed E-state index contributed by atoms with van der Waals surface area (Å²) in [6.45, 7) is 3.71. The van der Waals surface area contributed by atoms with Gasteiger partial charge in [-0.2, -0.15) is 13.2 Å². The molecule has 1 aliphatic rings. The van der Waals surface area contributed by atoms with Crippen LogP contribution in [-0.2, 0) is 6.18 Å². The summed E-state index contributed by atoms with van der Waals surface area (Å²) in [6, 6.07) is 4.02. The zero-order chi connectivity index (χ0) is 14.3. The van der Waals surface area contributed by atoms with E-state index in [0.717, 1.165) is 25.6 Å². The average Bonchev–Trinajstić information content (AvgIpc) is 2.85. The van der Waals surface area contributed by atoms with Gasteiger partial charge in [0.1, 0.15) is 5.58 Å². The molecule has 0 spiro atoms. The number of halogens is 3. The summed E-state index contributed by atoms with van der Waals surface area (Å²) in [4.78, 5) is 0. The molecule has 20 heavy (non-hydrogen) atoms. The van der Waals surface area contributed by atoms with Crippen LogP contribution < -0.4 is 5.32 Å². The standard InChI is InChI=1S/C15H16F3NO/c1-9-8-19-4-2-12(9)13-7-11(15(16,17)18)6-10-3-5-20-14(10)13/h3,5-7,9,12,19H,2,4,8H2,1H3/t9-,12+/m0/s1. The molecule has 1 aromatic heterocycles. The zero-order valence-corrected chi connectivity index (χ0v) is 11.1. The Morgan fingerprint density at radius 2 is 2.10 bits per heavy atom. The van der Waals surface area contributed by atoms with Crippen molar-refractivity contribution in [2.75, 3.05) is 13.1 Å². The van der Waals surface area contributed by atoms with Crippen LogP contribution in [0.5, 0.6) is 0 Å². The van der Waals surface area contributed by atoms with Crippen molar-refractivity contribution in [2.45, 2.75) is 25.4 Å². The van der Waals surface area contributed by atoms with Crippen LogP contribution in [0.25, 0.3) is 11.0 Å². The van der Waals surface area contributed by atoms with Gasteiger partial charge in [0.15, 0.2) is 0 Å². The van der Waals surface area contributed by atoms with Crippen LogP contribution in [0.2, 0.25) is 0 Å². The maximum Gasteiger partial charge on any atom is 0.416 e. The lowest BCUT2D eigenvalue weighted by molar-refractivity contribution is -0.137. The quantitative estimate of drug-likeness (QED) is 0.850. The van der Waals surface area contributed by atoms with E-state index in [1.54, 1.807) is 6.07 Å². The highest BCUT2D eigenvalue weighted by Gasteiger charge is 2.34. The molecule has 0 aliphatic carbocycles. The SMILES string of the molecule is C[C@H]1CNCC[C@H]1c1cc(C(F)(F)F)cc2ccoc12. The molecule has 2 nitrogen and oxygen atoms in total. The summed E-state index contributed by atoms with van der Waals surface area (Å²) in [7, 11) is 0. The Kier molecular flexibility index (Phi) is 3.24. The summed E-state index contributed by atoms with van der Waals surface area (Å²) in [5.41, 5.74) is 0.692. The van der Waals surface area contributed by atoms with E-state index in [0.29, 0.717) is 22.5 Å². The molecule has 0 amide bonds. The molecular formula is C15H16F3NO. The second kappa shape index (κ2) is 4.81. The van der Waals surface area contributed by atoms with E-state index in [1.807, 2.05) is 0 Å². The van der Waals surface area contributed by atoms with Crippen LogP contribution in [0.3, 0.4) is 0 Å². The largest absolute Gasteiger partial charge is 0.464 e. The predicted molar refractivity (Wildman–Crippen MR) is 70.6 cm³/mol. The molecule has 2 heterocycles. The molecule has 0 bridgehead atoms. The van der Waals surface area contributed by atoms with Gasteiger partial charge in [-0.1, -0.05) is 6.92 Å². The third-order valence-corrected chi connectivity index (χ3v) is 4.09. The van der Waals surface area contributed by atoms with Crippen molar-refractivity contribution in [1.82, 2.24) is 5.32 Å². The first kappa shape index (κ1) is 13.5. The van der Waals surface area contributed by atoms with Crippen LogP contribution in [0.1, 0.15) is 30.4 Å². The summed E-state index contributed by atoms with van der Waals surface area (Å²) in [5.74, 6) is 0.396. The smallest absolute Gasteiger partial charge is 0.416 e. The van der Waals surface area contributed by atoms with Crippen LogP contribution in [0.15, 0.2) is 28.9 Å². The minimum Gasteiger partial charge on any atom is -0.464 e. The van der Waals surface area contributed by atoms with Gasteiger partial charge in [0.05, 0.1) is 11.8 Å². The van der Waals surface area contributed by atoms with Gasteiger partial charge in [-0.3, -0.25) is 0 Å². The number of fused-ring (bicyclic) bond motifs is 1. The monoisotopic (exact) mass is 283 g/mol. The van der Waals surface area contributed by atoms with Gasteiger partial charge in [-0.15, -0.1) is 0 Å². The minimum absolute atomic E-state index is 0.104. The average molecular weight is 283 g/mol. The molecule has 1 aromatic carbocycles. The molecule has 2 aromatic rings. The lowest BCUT2D eigenvalue weighted by Gasteiger charge is -2.30. The van der Waals surface area contributed by atoms with Crippen molar-refractivity contribution in [2.24, 2.45) is 5.92 Å². The molecular weight excluding hydrogens is 267 g/mol. The highest BCUT2D eigenvalue weighted by molar-refractivity contribution is 5.82. The molecule has 3 rings (SSSR count). The molecule has 1 fully saturated rings. The first-order valence-corrected chi connectivity index (χ1v) is 6.76. The van der Waals surface area contributed by atoms with E-state index in [1.165, 1.54) is 12.3 Å². The molecule has 0 unspecified atom stereocenters. The molecule has 0 radical (unpaired) electrons. The lowest BCUT2D eigenvalue weighted by atomic mass is 9.81. The maximum absolute atomic E-state index is 13.0. The van der Waals surface area contributed by atoms with Crippen molar-refractivity contribution in [3.8, 4) is 0 Å². The minimum atomic E-state index is -4.32. The highest BCUT2D eigenvalue weighted by atomic mass is 19.4. The molecule has 0 saturated carbocycles. The van der Waals surface area contributed by atoms with Gasteiger partial charge in [0, 0.05) is 5.39 Å². The number of alkyl halides is 3. The number of piperidine rings is 1. The van der Waals surface area contributed by atoms with E-state index < -0.39 is 11.7 Å². The molecule has 1 aliphatic heterocycles.